The summed E-state index contributed by atoms with van der Waals surface area (Å²) in [4.78, 5) is 15.7. The first kappa shape index (κ1) is 15.6. The molecular weight excluding hydrogens is 320 g/mol. The predicted molar refractivity (Wildman–Crippen MR) is 87.9 cm³/mol. The molecule has 2 aromatic heterocycles. The number of hydrogen-bond acceptors (Lipinski definition) is 4. The van der Waals surface area contributed by atoms with E-state index in [4.69, 9.17) is 16.0 Å². The van der Waals surface area contributed by atoms with Crippen LogP contribution in [0, 0.1) is 5.92 Å². The molecule has 0 radical (unpaired) electrons. The minimum atomic E-state index is 0.0548. The fourth-order valence-electron chi connectivity index (χ4n) is 2.80. The quantitative estimate of drug-likeness (QED) is 0.907. The van der Waals surface area contributed by atoms with Crippen LogP contribution in [0.3, 0.4) is 0 Å². The Morgan fingerprint density at radius 1 is 1.45 bits per heavy atom. The smallest absolute Gasteiger partial charge is 0.224 e. The fourth-order valence-corrected chi connectivity index (χ4v) is 3.83. The van der Waals surface area contributed by atoms with Crippen LogP contribution in [0.2, 0.25) is 4.34 Å². The van der Waals surface area contributed by atoms with Crippen LogP contribution in [-0.4, -0.2) is 23.9 Å². The summed E-state index contributed by atoms with van der Waals surface area (Å²) < 4.78 is 6.14. The molecule has 0 aliphatic carbocycles. The van der Waals surface area contributed by atoms with Crippen LogP contribution in [0.4, 0.5) is 0 Å². The van der Waals surface area contributed by atoms with Crippen LogP contribution < -0.4 is 5.32 Å². The van der Waals surface area contributed by atoms with E-state index < -0.39 is 0 Å². The number of thiophene rings is 1. The molecule has 1 aliphatic heterocycles. The molecule has 0 aromatic carbocycles. The number of carbonyl (C=O) groups is 1. The van der Waals surface area contributed by atoms with Gasteiger partial charge in [-0.1, -0.05) is 11.6 Å². The number of rotatable bonds is 5. The Balaban J connectivity index is 1.49. The van der Waals surface area contributed by atoms with Gasteiger partial charge >= 0.3 is 0 Å². The third-order valence-corrected chi connectivity index (χ3v) is 5.13. The molecule has 1 N–H and O–H groups in total. The molecule has 1 aliphatic rings. The van der Waals surface area contributed by atoms with Crippen molar-refractivity contribution >= 4 is 28.8 Å². The summed E-state index contributed by atoms with van der Waals surface area (Å²) in [7, 11) is 0. The van der Waals surface area contributed by atoms with Crippen molar-refractivity contribution < 1.29 is 9.21 Å². The lowest BCUT2D eigenvalue weighted by Crippen LogP contribution is -2.42. The number of likely N-dealkylation sites (tertiary alicyclic amines) is 1. The van der Waals surface area contributed by atoms with E-state index in [0.29, 0.717) is 6.54 Å². The maximum atomic E-state index is 12.3. The highest BCUT2D eigenvalue weighted by Crippen LogP contribution is 2.22. The van der Waals surface area contributed by atoms with Crippen molar-refractivity contribution in [1.29, 1.82) is 0 Å². The number of hydrogen-bond donors (Lipinski definition) is 1. The molecule has 1 amide bonds. The third kappa shape index (κ3) is 4.12. The molecule has 0 spiro atoms. The molecular formula is C16H19ClN2O2S. The van der Waals surface area contributed by atoms with Crippen LogP contribution in [-0.2, 0) is 17.9 Å². The summed E-state index contributed by atoms with van der Waals surface area (Å²) in [5.74, 6) is 1.14. The molecule has 2 aromatic rings. The molecule has 1 atom stereocenters. The number of nitrogens with zero attached hydrogens (tertiary/aromatic N) is 1. The van der Waals surface area contributed by atoms with Gasteiger partial charge in [0.05, 0.1) is 29.6 Å². The summed E-state index contributed by atoms with van der Waals surface area (Å²) in [6.45, 7) is 3.14. The minimum absolute atomic E-state index is 0.0548. The molecule has 0 unspecified atom stereocenters. The lowest BCUT2D eigenvalue weighted by atomic mass is 9.97. The second kappa shape index (κ2) is 7.31. The van der Waals surface area contributed by atoms with Gasteiger partial charge in [-0.3, -0.25) is 9.69 Å². The zero-order chi connectivity index (χ0) is 15.4. The normalized spacial score (nSPS) is 19.2. The van der Waals surface area contributed by atoms with E-state index >= 15 is 0 Å². The number of carbonyl (C=O) groups excluding carboxylic acids is 1. The van der Waals surface area contributed by atoms with Crippen LogP contribution in [0.5, 0.6) is 0 Å². The summed E-state index contributed by atoms with van der Waals surface area (Å²) in [5, 5.41) is 3.02. The Morgan fingerprint density at radius 3 is 3.09 bits per heavy atom. The average Bonchev–Trinajstić information content (AvgIpc) is 3.17. The van der Waals surface area contributed by atoms with Crippen molar-refractivity contribution in [3.05, 3.63) is 45.5 Å². The van der Waals surface area contributed by atoms with Gasteiger partial charge in [0.1, 0.15) is 5.76 Å². The van der Waals surface area contributed by atoms with Crippen molar-refractivity contribution in [2.75, 3.05) is 13.1 Å². The van der Waals surface area contributed by atoms with Gasteiger partial charge in [0, 0.05) is 11.4 Å². The topological polar surface area (TPSA) is 45.5 Å². The first-order valence-electron chi connectivity index (χ1n) is 7.47. The van der Waals surface area contributed by atoms with Crippen molar-refractivity contribution in [2.24, 2.45) is 5.92 Å². The van der Waals surface area contributed by atoms with E-state index in [2.05, 4.69) is 10.2 Å². The second-order valence-electron chi connectivity index (χ2n) is 5.58. The molecule has 3 rings (SSSR count). The van der Waals surface area contributed by atoms with Gasteiger partial charge in [-0.2, -0.15) is 0 Å². The Bertz CT molecular complexity index is 611. The Morgan fingerprint density at radius 2 is 2.36 bits per heavy atom. The van der Waals surface area contributed by atoms with Gasteiger partial charge in [0.15, 0.2) is 0 Å². The van der Waals surface area contributed by atoms with Crippen molar-refractivity contribution in [3.8, 4) is 0 Å². The van der Waals surface area contributed by atoms with Gasteiger partial charge in [-0.15, -0.1) is 11.3 Å². The van der Waals surface area contributed by atoms with Crippen LogP contribution >= 0.6 is 22.9 Å². The minimum Gasteiger partial charge on any atom is -0.468 e. The Kier molecular flexibility index (Phi) is 5.18. The maximum absolute atomic E-state index is 12.3. The molecule has 0 bridgehead atoms. The summed E-state index contributed by atoms with van der Waals surface area (Å²) in [6, 6.07) is 7.69. The van der Waals surface area contributed by atoms with Gasteiger partial charge in [0.25, 0.3) is 0 Å². The molecule has 1 fully saturated rings. The van der Waals surface area contributed by atoms with Gasteiger partial charge in [0.2, 0.25) is 5.91 Å². The lowest BCUT2D eigenvalue weighted by molar-refractivity contribution is -0.127. The second-order valence-corrected chi connectivity index (χ2v) is 7.38. The summed E-state index contributed by atoms with van der Waals surface area (Å²) in [6.07, 6.45) is 3.69. The van der Waals surface area contributed by atoms with Gasteiger partial charge < -0.3 is 9.73 Å². The maximum Gasteiger partial charge on any atom is 0.224 e. The monoisotopic (exact) mass is 338 g/mol. The molecule has 4 nitrogen and oxygen atoms in total. The number of amides is 1. The first-order chi connectivity index (χ1) is 10.7. The fraction of sp³-hybridized carbons (Fsp3) is 0.438. The number of piperidine rings is 1. The predicted octanol–water partition coefficient (Wildman–Crippen LogP) is 3.52. The van der Waals surface area contributed by atoms with Crippen LogP contribution in [0.1, 0.15) is 23.5 Å². The zero-order valence-electron chi connectivity index (χ0n) is 12.3. The molecule has 0 saturated carbocycles. The van der Waals surface area contributed by atoms with E-state index in [0.717, 1.165) is 47.4 Å². The van der Waals surface area contributed by atoms with E-state index in [1.54, 1.807) is 6.26 Å². The lowest BCUT2D eigenvalue weighted by Gasteiger charge is -2.31. The molecule has 22 heavy (non-hydrogen) atoms. The van der Waals surface area contributed by atoms with E-state index in [1.807, 2.05) is 24.3 Å². The number of furan rings is 1. The molecule has 3 heterocycles. The number of nitrogens with one attached hydrogen (secondary N) is 1. The summed E-state index contributed by atoms with van der Waals surface area (Å²) >= 11 is 7.41. The SMILES string of the molecule is O=C(NCc1ccc(Cl)s1)[C@H]1CCCN(Cc2ccco2)C1. The molecule has 1 saturated heterocycles. The van der Waals surface area contributed by atoms with Crippen LogP contribution in [0.15, 0.2) is 34.9 Å². The standard InChI is InChI=1S/C16H19ClN2O2S/c17-15-6-5-14(22-15)9-18-16(20)12-3-1-7-19(10-12)11-13-4-2-8-21-13/h2,4-6,8,12H,1,3,7,9-11H2,(H,18,20)/t12-/m0/s1. The van der Waals surface area contributed by atoms with Crippen molar-refractivity contribution in [3.63, 3.8) is 0 Å². The van der Waals surface area contributed by atoms with E-state index in [-0.39, 0.29) is 11.8 Å². The average molecular weight is 339 g/mol. The van der Waals surface area contributed by atoms with E-state index in [9.17, 15) is 4.79 Å². The van der Waals surface area contributed by atoms with Crippen molar-refractivity contribution in [2.45, 2.75) is 25.9 Å². The molecule has 6 heteroatoms. The van der Waals surface area contributed by atoms with Gasteiger partial charge in [-0.25, -0.2) is 0 Å². The van der Waals surface area contributed by atoms with Gasteiger partial charge in [-0.05, 0) is 43.7 Å². The van der Waals surface area contributed by atoms with Crippen molar-refractivity contribution in [1.82, 2.24) is 10.2 Å². The number of halogens is 1. The Hall–Kier alpha value is -1.30. The zero-order valence-corrected chi connectivity index (χ0v) is 13.8. The highest BCUT2D eigenvalue weighted by molar-refractivity contribution is 7.16. The largest absolute Gasteiger partial charge is 0.468 e. The highest BCUT2D eigenvalue weighted by Gasteiger charge is 2.26. The molecule has 118 valence electrons. The summed E-state index contributed by atoms with van der Waals surface area (Å²) in [5.41, 5.74) is 0. The third-order valence-electron chi connectivity index (χ3n) is 3.90. The van der Waals surface area contributed by atoms with Crippen LogP contribution in [0.25, 0.3) is 0 Å². The highest BCUT2D eigenvalue weighted by atomic mass is 35.5. The first-order valence-corrected chi connectivity index (χ1v) is 8.67. The van der Waals surface area contributed by atoms with E-state index in [1.165, 1.54) is 11.3 Å². The Labute approximate surface area is 139 Å².